The lowest BCUT2D eigenvalue weighted by Crippen LogP contribution is -2.35. The first-order valence-electron chi connectivity index (χ1n) is 8.11. The first kappa shape index (κ1) is 20.1. The number of carbonyl (C=O) groups is 1. The van der Waals surface area contributed by atoms with Gasteiger partial charge in [0, 0.05) is 16.8 Å². The van der Waals surface area contributed by atoms with Crippen molar-refractivity contribution in [3.8, 4) is 5.75 Å². The van der Waals surface area contributed by atoms with E-state index in [4.69, 9.17) is 16.3 Å². The van der Waals surface area contributed by atoms with Gasteiger partial charge < -0.3 is 10.1 Å². The third-order valence-electron chi connectivity index (χ3n) is 3.62. The normalized spacial score (nSPS) is 12.3. The first-order valence-corrected chi connectivity index (χ1v) is 9.97. The molecule has 2 rings (SSSR count). The molecule has 0 saturated carbocycles. The maximum Gasteiger partial charge on any atom is 0.261 e. The van der Waals surface area contributed by atoms with Crippen molar-refractivity contribution in [2.24, 2.45) is 0 Å². The van der Waals surface area contributed by atoms with Crippen LogP contribution >= 0.6 is 11.6 Å². The lowest BCUT2D eigenvalue weighted by Gasteiger charge is -2.12. The average molecular weight is 397 g/mol. The highest BCUT2D eigenvalue weighted by Gasteiger charge is 2.14. The first-order chi connectivity index (χ1) is 12.3. The van der Waals surface area contributed by atoms with E-state index in [0.717, 1.165) is 6.42 Å². The largest absolute Gasteiger partial charge is 0.484 e. The molecule has 26 heavy (non-hydrogen) atoms. The van der Waals surface area contributed by atoms with E-state index in [-0.39, 0.29) is 23.5 Å². The second kappa shape index (κ2) is 8.91. The van der Waals surface area contributed by atoms with E-state index in [0.29, 0.717) is 16.5 Å². The van der Waals surface area contributed by atoms with Crippen LogP contribution in [0.3, 0.4) is 0 Å². The van der Waals surface area contributed by atoms with E-state index in [9.17, 15) is 13.2 Å². The summed E-state index contributed by atoms with van der Waals surface area (Å²) in [6.07, 6.45) is 0.832. The molecule has 0 aromatic heterocycles. The fraction of sp³-hybridized carbons (Fsp3) is 0.278. The summed E-state index contributed by atoms with van der Waals surface area (Å²) in [5, 5.41) is 3.31. The third-order valence-corrected chi connectivity index (χ3v) is 5.27. The van der Waals surface area contributed by atoms with Gasteiger partial charge in [-0.2, -0.15) is 0 Å². The van der Waals surface area contributed by atoms with Crippen LogP contribution in [0, 0.1) is 0 Å². The Balaban J connectivity index is 1.97. The smallest absolute Gasteiger partial charge is 0.261 e. The van der Waals surface area contributed by atoms with Crippen molar-refractivity contribution in [1.29, 1.82) is 0 Å². The molecular formula is C18H21ClN2O4S. The minimum absolute atomic E-state index is 0.0811. The van der Waals surface area contributed by atoms with Crippen LogP contribution in [0.2, 0.25) is 5.02 Å². The molecule has 1 amide bonds. The SMILES string of the molecule is CCC(C)NC(=O)COc1ccc(S(=O)(=O)Nc2ccc(Cl)cc2)cc1. The van der Waals surface area contributed by atoms with Crippen molar-refractivity contribution in [2.45, 2.75) is 31.2 Å². The molecule has 0 spiro atoms. The molecule has 8 heteroatoms. The fourth-order valence-electron chi connectivity index (χ4n) is 2.01. The predicted molar refractivity (Wildman–Crippen MR) is 102 cm³/mol. The summed E-state index contributed by atoms with van der Waals surface area (Å²) in [6.45, 7) is 3.76. The van der Waals surface area contributed by atoms with Crippen molar-refractivity contribution >= 4 is 33.2 Å². The van der Waals surface area contributed by atoms with E-state index < -0.39 is 10.0 Å². The van der Waals surface area contributed by atoms with Gasteiger partial charge in [-0.15, -0.1) is 0 Å². The molecule has 0 aliphatic rings. The standard InChI is InChI=1S/C18H21ClN2O4S/c1-3-13(2)20-18(22)12-25-16-8-10-17(11-9-16)26(23,24)21-15-6-4-14(19)5-7-15/h4-11,13,21H,3,12H2,1-2H3,(H,20,22). The molecule has 0 bridgehead atoms. The van der Waals surface area contributed by atoms with Crippen molar-refractivity contribution in [3.05, 3.63) is 53.6 Å². The average Bonchev–Trinajstić information content (AvgIpc) is 2.62. The van der Waals surface area contributed by atoms with Crippen LogP contribution < -0.4 is 14.8 Å². The monoisotopic (exact) mass is 396 g/mol. The summed E-state index contributed by atoms with van der Waals surface area (Å²) >= 11 is 5.79. The molecular weight excluding hydrogens is 376 g/mol. The molecule has 0 heterocycles. The third kappa shape index (κ3) is 5.93. The molecule has 0 saturated heterocycles. The van der Waals surface area contributed by atoms with Gasteiger partial charge in [0.25, 0.3) is 15.9 Å². The highest BCUT2D eigenvalue weighted by molar-refractivity contribution is 7.92. The van der Waals surface area contributed by atoms with E-state index >= 15 is 0 Å². The Morgan fingerprint density at radius 2 is 1.73 bits per heavy atom. The predicted octanol–water partition coefficient (Wildman–Crippen LogP) is 3.43. The molecule has 0 aliphatic heterocycles. The number of rotatable bonds is 8. The van der Waals surface area contributed by atoms with Gasteiger partial charge in [-0.1, -0.05) is 18.5 Å². The Morgan fingerprint density at radius 1 is 1.12 bits per heavy atom. The Hall–Kier alpha value is -2.25. The molecule has 1 unspecified atom stereocenters. The lowest BCUT2D eigenvalue weighted by atomic mass is 10.2. The van der Waals surface area contributed by atoms with Gasteiger partial charge in [0.05, 0.1) is 4.90 Å². The van der Waals surface area contributed by atoms with Crippen LogP contribution in [-0.4, -0.2) is 27.0 Å². The lowest BCUT2D eigenvalue weighted by molar-refractivity contribution is -0.123. The van der Waals surface area contributed by atoms with Gasteiger partial charge in [-0.05, 0) is 61.9 Å². The fourth-order valence-corrected chi connectivity index (χ4v) is 3.20. The molecule has 2 aromatic carbocycles. The number of amides is 1. The zero-order valence-corrected chi connectivity index (χ0v) is 16.1. The minimum Gasteiger partial charge on any atom is -0.484 e. The topological polar surface area (TPSA) is 84.5 Å². The Morgan fingerprint density at radius 3 is 2.31 bits per heavy atom. The molecule has 0 radical (unpaired) electrons. The Kier molecular flexibility index (Phi) is 6.88. The van der Waals surface area contributed by atoms with Crippen molar-refractivity contribution < 1.29 is 17.9 Å². The number of anilines is 1. The summed E-state index contributed by atoms with van der Waals surface area (Å²) in [6, 6.07) is 12.3. The maximum absolute atomic E-state index is 12.4. The number of ether oxygens (including phenoxy) is 1. The van der Waals surface area contributed by atoms with Crippen LogP contribution in [-0.2, 0) is 14.8 Å². The Bertz CT molecular complexity index is 836. The van der Waals surface area contributed by atoms with Gasteiger partial charge in [-0.25, -0.2) is 8.42 Å². The maximum atomic E-state index is 12.4. The van der Waals surface area contributed by atoms with Crippen LogP contribution in [0.5, 0.6) is 5.75 Å². The Labute approximate surface area is 158 Å². The zero-order valence-electron chi connectivity index (χ0n) is 14.5. The summed E-state index contributed by atoms with van der Waals surface area (Å²) < 4.78 is 32.6. The number of hydrogen-bond acceptors (Lipinski definition) is 4. The number of nitrogens with one attached hydrogen (secondary N) is 2. The number of benzene rings is 2. The highest BCUT2D eigenvalue weighted by atomic mass is 35.5. The van der Waals surface area contributed by atoms with Gasteiger partial charge >= 0.3 is 0 Å². The summed E-state index contributed by atoms with van der Waals surface area (Å²) in [7, 11) is -3.72. The van der Waals surface area contributed by atoms with Crippen molar-refractivity contribution in [3.63, 3.8) is 0 Å². The van der Waals surface area contributed by atoms with Gasteiger partial charge in [0.1, 0.15) is 5.75 Å². The molecule has 1 atom stereocenters. The van der Waals surface area contributed by atoms with E-state index in [2.05, 4.69) is 10.0 Å². The molecule has 0 aliphatic carbocycles. The second-order valence-corrected chi connectivity index (χ2v) is 7.87. The zero-order chi connectivity index (χ0) is 19.2. The molecule has 0 fully saturated rings. The van der Waals surface area contributed by atoms with E-state index in [1.165, 1.54) is 24.3 Å². The van der Waals surface area contributed by atoms with E-state index in [1.54, 1.807) is 24.3 Å². The van der Waals surface area contributed by atoms with Crippen LogP contribution in [0.4, 0.5) is 5.69 Å². The van der Waals surface area contributed by atoms with Crippen LogP contribution in [0.1, 0.15) is 20.3 Å². The van der Waals surface area contributed by atoms with Crippen molar-refractivity contribution in [1.82, 2.24) is 5.32 Å². The quantitative estimate of drug-likeness (QED) is 0.715. The summed E-state index contributed by atoms with van der Waals surface area (Å²) in [5.41, 5.74) is 0.413. The summed E-state index contributed by atoms with van der Waals surface area (Å²) in [4.78, 5) is 11.8. The second-order valence-electron chi connectivity index (χ2n) is 5.75. The molecule has 6 nitrogen and oxygen atoms in total. The minimum atomic E-state index is -3.72. The number of halogens is 1. The molecule has 140 valence electrons. The van der Waals surface area contributed by atoms with Gasteiger partial charge in [0.2, 0.25) is 0 Å². The van der Waals surface area contributed by atoms with Gasteiger partial charge in [-0.3, -0.25) is 9.52 Å². The van der Waals surface area contributed by atoms with Gasteiger partial charge in [0.15, 0.2) is 6.61 Å². The molecule has 2 N–H and O–H groups in total. The highest BCUT2D eigenvalue weighted by Crippen LogP contribution is 2.20. The van der Waals surface area contributed by atoms with E-state index in [1.807, 2.05) is 13.8 Å². The number of hydrogen-bond donors (Lipinski definition) is 2. The van der Waals surface area contributed by atoms with Crippen LogP contribution in [0.25, 0.3) is 0 Å². The number of carbonyl (C=O) groups excluding carboxylic acids is 1. The number of sulfonamides is 1. The molecule has 2 aromatic rings. The summed E-state index contributed by atoms with van der Waals surface area (Å²) in [5.74, 6) is 0.190. The van der Waals surface area contributed by atoms with Crippen molar-refractivity contribution in [2.75, 3.05) is 11.3 Å². The van der Waals surface area contributed by atoms with Crippen LogP contribution in [0.15, 0.2) is 53.4 Å².